The number of ketones is 1. The molecule has 214 valence electrons. The number of carbonyl (C=O) groups excluding carboxylic acids is 2. The summed E-state index contributed by atoms with van der Waals surface area (Å²) in [7, 11) is 1.59. The van der Waals surface area contributed by atoms with Gasteiger partial charge in [-0.3, -0.25) is 14.5 Å². The Labute approximate surface area is 237 Å². The number of methoxy groups -OCH3 is 1. The maximum absolute atomic E-state index is 13.5. The van der Waals surface area contributed by atoms with Crippen LogP contribution >= 0.6 is 0 Å². The van der Waals surface area contributed by atoms with Crippen LogP contribution in [0.3, 0.4) is 0 Å². The van der Waals surface area contributed by atoms with Crippen molar-refractivity contribution in [3.63, 3.8) is 0 Å². The lowest BCUT2D eigenvalue weighted by Gasteiger charge is -2.28. The van der Waals surface area contributed by atoms with E-state index < -0.39 is 11.7 Å². The minimum atomic E-state index is -0.713. The van der Waals surface area contributed by atoms with E-state index in [0.29, 0.717) is 34.7 Å². The monoisotopic (exact) mass is 546 g/mol. The summed E-state index contributed by atoms with van der Waals surface area (Å²) in [5.74, 6) is -0.0716. The van der Waals surface area contributed by atoms with Crippen LogP contribution in [-0.2, 0) is 20.4 Å². The average Bonchev–Trinajstić information content (AvgIpc) is 2.92. The first-order valence-corrected chi connectivity index (χ1v) is 13.9. The number of nitrogens with one attached hydrogen (secondary N) is 1. The lowest BCUT2D eigenvalue weighted by atomic mass is 9.79. The number of hydrogen-bond acceptors (Lipinski definition) is 6. The van der Waals surface area contributed by atoms with E-state index in [1.54, 1.807) is 19.2 Å². The van der Waals surface area contributed by atoms with E-state index in [-0.39, 0.29) is 10.8 Å². The van der Waals surface area contributed by atoms with Gasteiger partial charge in [-0.05, 0) is 40.0 Å². The molecule has 7 heteroatoms. The minimum absolute atomic E-state index is 0.163. The highest BCUT2D eigenvalue weighted by Gasteiger charge is 2.28. The summed E-state index contributed by atoms with van der Waals surface area (Å²) in [6, 6.07) is 15.0. The van der Waals surface area contributed by atoms with E-state index in [4.69, 9.17) is 14.2 Å². The first-order valence-electron chi connectivity index (χ1n) is 13.9. The number of amides is 1. The molecule has 1 amide bonds. The highest BCUT2D eigenvalue weighted by atomic mass is 16.5. The zero-order valence-electron chi connectivity index (χ0n) is 24.8. The highest BCUT2D eigenvalue weighted by Crippen LogP contribution is 2.41. The molecule has 0 radical (unpaired) electrons. The number of nitrogens with zero attached hydrogens (tertiary/aromatic N) is 1. The van der Waals surface area contributed by atoms with Gasteiger partial charge in [0.15, 0.2) is 0 Å². The molecule has 0 aromatic heterocycles. The molecule has 4 rings (SSSR count). The lowest BCUT2D eigenvalue weighted by molar-refractivity contribution is -0.112. The van der Waals surface area contributed by atoms with Crippen LogP contribution in [-0.4, -0.2) is 63.2 Å². The maximum Gasteiger partial charge on any atom is 0.296 e. The third-order valence-electron chi connectivity index (χ3n) is 7.32. The Morgan fingerprint density at radius 1 is 0.925 bits per heavy atom. The number of ether oxygens (including phenoxy) is 3. The molecule has 0 unspecified atom stereocenters. The van der Waals surface area contributed by atoms with Crippen LogP contribution in [0.5, 0.6) is 11.5 Å². The average molecular weight is 547 g/mol. The number of benzene rings is 3. The summed E-state index contributed by atoms with van der Waals surface area (Å²) in [6.07, 6.45) is 0. The van der Waals surface area contributed by atoms with Crippen molar-refractivity contribution in [1.82, 2.24) is 4.90 Å². The Bertz CT molecular complexity index is 1380. The fraction of sp³-hybridized carbons (Fsp3) is 0.455. The summed E-state index contributed by atoms with van der Waals surface area (Å²) in [4.78, 5) is 29.3. The molecular formula is C33H42N2O5. The number of fused-ring (bicyclic) bond motifs is 1. The predicted octanol–water partition coefficient (Wildman–Crippen LogP) is 5.98. The fourth-order valence-corrected chi connectivity index (χ4v) is 4.94. The van der Waals surface area contributed by atoms with E-state index in [1.807, 2.05) is 30.3 Å². The molecule has 0 bridgehead atoms. The first kappa shape index (κ1) is 29.6. The van der Waals surface area contributed by atoms with Gasteiger partial charge >= 0.3 is 0 Å². The van der Waals surface area contributed by atoms with Crippen LogP contribution in [0.4, 0.5) is 5.69 Å². The van der Waals surface area contributed by atoms with Crippen LogP contribution < -0.4 is 14.8 Å². The Balaban J connectivity index is 1.61. The van der Waals surface area contributed by atoms with Crippen molar-refractivity contribution >= 4 is 28.2 Å². The van der Waals surface area contributed by atoms with Gasteiger partial charge in [0.2, 0.25) is 0 Å². The van der Waals surface area contributed by atoms with Crippen molar-refractivity contribution in [2.24, 2.45) is 0 Å². The number of hydrogen-bond donors (Lipinski definition) is 1. The van der Waals surface area contributed by atoms with Gasteiger partial charge in [-0.1, -0.05) is 71.9 Å². The molecule has 1 fully saturated rings. The molecule has 0 spiro atoms. The topological polar surface area (TPSA) is 77.1 Å². The van der Waals surface area contributed by atoms with E-state index >= 15 is 0 Å². The largest absolute Gasteiger partial charge is 0.494 e. The van der Waals surface area contributed by atoms with E-state index in [2.05, 4.69) is 57.8 Å². The second-order valence-electron chi connectivity index (χ2n) is 12.3. The third-order valence-corrected chi connectivity index (χ3v) is 7.32. The molecule has 3 aromatic rings. The molecule has 1 heterocycles. The molecule has 7 nitrogen and oxygen atoms in total. The standard InChI is InChI=1S/C33H42N2O5/c1-32(2,3)22-20-26(33(4,5)6)30(38-7)27(21-22)34-31(37)29(36)25-12-13-28(24-11-9-8-10-23(24)25)40-19-16-35-14-17-39-18-15-35/h8-13,20-21H,14-19H2,1-7H3,(H,34,37). The molecule has 0 aliphatic carbocycles. The zero-order chi connectivity index (χ0) is 29.1. The Hall–Kier alpha value is -3.42. The molecule has 1 aliphatic rings. The zero-order valence-corrected chi connectivity index (χ0v) is 24.8. The van der Waals surface area contributed by atoms with Crippen molar-refractivity contribution in [1.29, 1.82) is 0 Å². The van der Waals surface area contributed by atoms with Gasteiger partial charge in [-0.2, -0.15) is 0 Å². The molecule has 1 saturated heterocycles. The van der Waals surface area contributed by atoms with Gasteiger partial charge in [-0.15, -0.1) is 0 Å². The van der Waals surface area contributed by atoms with Crippen LogP contribution in [0, 0.1) is 0 Å². The SMILES string of the molecule is COc1c(NC(=O)C(=O)c2ccc(OCCN3CCOCC3)c3ccccc23)cc(C(C)(C)C)cc1C(C)(C)C. The number of Topliss-reactive ketones (excluding diaryl/α,β-unsaturated/α-hetero) is 1. The molecular weight excluding hydrogens is 504 g/mol. The predicted molar refractivity (Wildman–Crippen MR) is 160 cm³/mol. The summed E-state index contributed by atoms with van der Waals surface area (Å²) in [6.45, 7) is 17.3. The van der Waals surface area contributed by atoms with Crippen molar-refractivity contribution < 1.29 is 23.8 Å². The van der Waals surface area contributed by atoms with E-state index in [1.165, 1.54) is 0 Å². The fourth-order valence-electron chi connectivity index (χ4n) is 4.94. The molecule has 3 aromatic carbocycles. The van der Waals surface area contributed by atoms with Gasteiger partial charge in [0, 0.05) is 36.1 Å². The minimum Gasteiger partial charge on any atom is -0.494 e. The first-order chi connectivity index (χ1) is 18.9. The second-order valence-corrected chi connectivity index (χ2v) is 12.3. The van der Waals surface area contributed by atoms with Crippen molar-refractivity contribution in [2.45, 2.75) is 52.4 Å². The summed E-state index contributed by atoms with van der Waals surface area (Å²) in [5.41, 5.74) is 2.44. The number of anilines is 1. The van der Waals surface area contributed by atoms with Gasteiger partial charge < -0.3 is 19.5 Å². The third kappa shape index (κ3) is 6.65. The van der Waals surface area contributed by atoms with Gasteiger partial charge in [0.1, 0.15) is 18.1 Å². The van der Waals surface area contributed by atoms with Gasteiger partial charge in [0.05, 0.1) is 26.0 Å². The maximum atomic E-state index is 13.5. The number of morpholine rings is 1. The smallest absolute Gasteiger partial charge is 0.296 e. The van der Waals surface area contributed by atoms with Crippen LogP contribution in [0.2, 0.25) is 0 Å². The summed E-state index contributed by atoms with van der Waals surface area (Å²) < 4.78 is 17.3. The van der Waals surface area contributed by atoms with E-state index in [0.717, 1.165) is 49.4 Å². The van der Waals surface area contributed by atoms with E-state index in [9.17, 15) is 9.59 Å². The lowest BCUT2D eigenvalue weighted by Crippen LogP contribution is -2.38. The molecule has 0 saturated carbocycles. The number of carbonyl (C=O) groups is 2. The molecule has 0 atom stereocenters. The summed E-state index contributed by atoms with van der Waals surface area (Å²) in [5, 5.41) is 4.35. The molecule has 40 heavy (non-hydrogen) atoms. The van der Waals surface area contributed by atoms with Crippen molar-refractivity contribution in [3.05, 3.63) is 65.2 Å². The number of rotatable bonds is 8. The second kappa shape index (κ2) is 12.0. The summed E-state index contributed by atoms with van der Waals surface area (Å²) >= 11 is 0. The Morgan fingerprint density at radius 2 is 1.60 bits per heavy atom. The quantitative estimate of drug-likeness (QED) is 0.277. The van der Waals surface area contributed by atoms with Crippen LogP contribution in [0.1, 0.15) is 63.0 Å². The molecule has 1 N–H and O–H groups in total. The Morgan fingerprint density at radius 3 is 2.23 bits per heavy atom. The Kier molecular flexibility index (Phi) is 8.86. The molecule has 1 aliphatic heterocycles. The van der Waals surface area contributed by atoms with Gasteiger partial charge in [-0.25, -0.2) is 0 Å². The van der Waals surface area contributed by atoms with Crippen molar-refractivity contribution in [3.8, 4) is 11.5 Å². The van der Waals surface area contributed by atoms with Crippen molar-refractivity contribution in [2.75, 3.05) is 51.9 Å². The van der Waals surface area contributed by atoms with Gasteiger partial charge in [0.25, 0.3) is 11.7 Å². The van der Waals surface area contributed by atoms with Crippen LogP contribution in [0.15, 0.2) is 48.5 Å². The normalized spacial score (nSPS) is 14.7. The van der Waals surface area contributed by atoms with Crippen LogP contribution in [0.25, 0.3) is 10.8 Å². The highest BCUT2D eigenvalue weighted by molar-refractivity contribution is 6.48.